The van der Waals surface area contributed by atoms with Gasteiger partial charge in [-0.2, -0.15) is 0 Å². The van der Waals surface area contributed by atoms with Gasteiger partial charge in [0.15, 0.2) is 0 Å². The van der Waals surface area contributed by atoms with E-state index in [0.717, 1.165) is 24.8 Å². The quantitative estimate of drug-likeness (QED) is 0.621. The summed E-state index contributed by atoms with van der Waals surface area (Å²) in [5.41, 5.74) is 6.39. The van der Waals surface area contributed by atoms with Crippen LogP contribution in [0.15, 0.2) is 30.3 Å². The van der Waals surface area contributed by atoms with Gasteiger partial charge in [0.2, 0.25) is 0 Å². The van der Waals surface area contributed by atoms with E-state index in [1.807, 2.05) is 30.3 Å². The average Bonchev–Trinajstić information content (AvgIpc) is 2.33. The molecule has 0 fully saturated rings. The number of hydrogen-bond acceptors (Lipinski definition) is 3. The van der Waals surface area contributed by atoms with Crippen molar-refractivity contribution in [2.45, 2.75) is 32.3 Å². The van der Waals surface area contributed by atoms with Gasteiger partial charge in [0.1, 0.15) is 6.61 Å². The van der Waals surface area contributed by atoms with E-state index in [2.05, 4.69) is 0 Å². The highest BCUT2D eigenvalue weighted by Gasteiger charge is 2.02. The number of nitrogens with two attached hydrogens (primary N) is 1. The van der Waals surface area contributed by atoms with Crippen LogP contribution in [0, 0.1) is 0 Å². The molecule has 0 unspecified atom stereocenters. The highest BCUT2D eigenvalue weighted by molar-refractivity contribution is 5.85. The van der Waals surface area contributed by atoms with Gasteiger partial charge in [-0.25, -0.2) is 0 Å². The Morgan fingerprint density at radius 1 is 1.06 bits per heavy atom. The second kappa shape index (κ2) is 12.7. The number of unbranched alkanes of at least 4 members (excludes halogenated alkanes) is 2. The maximum absolute atomic E-state index is 11.3. The topological polar surface area (TPSA) is 52.3 Å². The highest BCUT2D eigenvalue weighted by Crippen LogP contribution is 2.04. The molecule has 0 aliphatic rings. The predicted molar refractivity (Wildman–Crippen MR) is 78.3 cm³/mol. The fourth-order valence-electron chi connectivity index (χ4n) is 1.40. The zero-order valence-corrected chi connectivity index (χ0v) is 12.0. The van der Waals surface area contributed by atoms with Crippen LogP contribution in [0.5, 0.6) is 0 Å². The van der Waals surface area contributed by atoms with Gasteiger partial charge >= 0.3 is 5.97 Å². The number of rotatable bonds is 7. The van der Waals surface area contributed by atoms with Crippen molar-refractivity contribution < 1.29 is 9.53 Å². The Bertz CT molecular complexity index is 307. The number of benzene rings is 1. The van der Waals surface area contributed by atoms with Gasteiger partial charge in [0.05, 0.1) is 0 Å². The summed E-state index contributed by atoms with van der Waals surface area (Å²) in [7, 11) is 0. The summed E-state index contributed by atoms with van der Waals surface area (Å²) in [4.78, 5) is 11.3. The van der Waals surface area contributed by atoms with Crippen LogP contribution in [0.3, 0.4) is 0 Å². The third-order valence-electron chi connectivity index (χ3n) is 2.33. The molecule has 0 aliphatic heterocycles. The number of ether oxygens (including phenoxy) is 1. The third-order valence-corrected chi connectivity index (χ3v) is 2.33. The molecule has 0 saturated carbocycles. The van der Waals surface area contributed by atoms with E-state index in [0.29, 0.717) is 19.6 Å². The van der Waals surface area contributed by atoms with Gasteiger partial charge in [-0.15, -0.1) is 24.8 Å². The summed E-state index contributed by atoms with van der Waals surface area (Å²) in [6.45, 7) is 1.07. The Labute approximate surface area is 121 Å². The van der Waals surface area contributed by atoms with Crippen molar-refractivity contribution in [3.05, 3.63) is 35.9 Å². The van der Waals surface area contributed by atoms with Crippen molar-refractivity contribution in [1.29, 1.82) is 0 Å². The molecule has 0 bridgehead atoms. The van der Waals surface area contributed by atoms with Gasteiger partial charge in [0.25, 0.3) is 0 Å². The first-order valence-corrected chi connectivity index (χ1v) is 5.72. The number of halogens is 2. The molecule has 2 N–H and O–H groups in total. The van der Waals surface area contributed by atoms with Crippen LogP contribution in [0.25, 0.3) is 0 Å². The first-order valence-electron chi connectivity index (χ1n) is 5.72. The smallest absolute Gasteiger partial charge is 0.306 e. The van der Waals surface area contributed by atoms with E-state index in [9.17, 15) is 4.79 Å². The molecule has 0 spiro atoms. The molecule has 0 aromatic heterocycles. The van der Waals surface area contributed by atoms with E-state index in [-0.39, 0.29) is 30.8 Å². The van der Waals surface area contributed by atoms with Crippen molar-refractivity contribution in [3.8, 4) is 0 Å². The summed E-state index contributed by atoms with van der Waals surface area (Å²) in [6, 6.07) is 9.70. The standard InChI is InChI=1S/C13H19NO2.2ClH/c14-10-6-2-5-9-13(15)16-11-12-7-3-1-4-8-12;;/h1,3-4,7-8H,2,5-6,9-11,14H2;2*1H. The molecular weight excluding hydrogens is 273 g/mol. The van der Waals surface area contributed by atoms with Crippen LogP contribution in [-0.4, -0.2) is 12.5 Å². The van der Waals surface area contributed by atoms with Crippen LogP contribution < -0.4 is 5.73 Å². The minimum atomic E-state index is -0.124. The van der Waals surface area contributed by atoms with Crippen molar-refractivity contribution in [3.63, 3.8) is 0 Å². The van der Waals surface area contributed by atoms with Gasteiger partial charge in [-0.3, -0.25) is 4.79 Å². The van der Waals surface area contributed by atoms with Crippen LogP contribution in [0.2, 0.25) is 0 Å². The lowest BCUT2D eigenvalue weighted by molar-refractivity contribution is -0.145. The van der Waals surface area contributed by atoms with Crippen LogP contribution in [0.1, 0.15) is 31.2 Å². The van der Waals surface area contributed by atoms with Gasteiger partial charge in [-0.05, 0) is 24.9 Å². The zero-order valence-electron chi connectivity index (χ0n) is 10.3. The molecule has 3 nitrogen and oxygen atoms in total. The molecule has 18 heavy (non-hydrogen) atoms. The van der Waals surface area contributed by atoms with Gasteiger partial charge in [0, 0.05) is 6.42 Å². The van der Waals surface area contributed by atoms with Crippen molar-refractivity contribution in [1.82, 2.24) is 0 Å². The Kier molecular flexibility index (Phi) is 13.8. The first-order chi connectivity index (χ1) is 7.83. The van der Waals surface area contributed by atoms with E-state index >= 15 is 0 Å². The molecule has 0 amide bonds. The van der Waals surface area contributed by atoms with E-state index in [1.165, 1.54) is 0 Å². The molecule has 1 aromatic carbocycles. The second-order valence-corrected chi connectivity index (χ2v) is 3.75. The Morgan fingerprint density at radius 2 is 1.72 bits per heavy atom. The highest BCUT2D eigenvalue weighted by atomic mass is 35.5. The molecule has 0 radical (unpaired) electrons. The molecule has 104 valence electrons. The summed E-state index contributed by atoms with van der Waals surface area (Å²) in [5, 5.41) is 0. The molecule has 1 aromatic rings. The fraction of sp³-hybridized carbons (Fsp3) is 0.462. The lowest BCUT2D eigenvalue weighted by Crippen LogP contribution is -2.05. The lowest BCUT2D eigenvalue weighted by Gasteiger charge is -2.04. The molecule has 0 atom stereocenters. The molecule has 0 heterocycles. The van der Waals surface area contributed by atoms with Crippen LogP contribution in [-0.2, 0) is 16.1 Å². The second-order valence-electron chi connectivity index (χ2n) is 3.75. The average molecular weight is 294 g/mol. The monoisotopic (exact) mass is 293 g/mol. The maximum Gasteiger partial charge on any atom is 0.306 e. The Hall–Kier alpha value is -0.770. The van der Waals surface area contributed by atoms with E-state index in [4.69, 9.17) is 10.5 Å². The number of esters is 1. The Balaban J connectivity index is 0. The molecule has 1 rings (SSSR count). The Morgan fingerprint density at radius 3 is 2.33 bits per heavy atom. The maximum atomic E-state index is 11.3. The number of hydrogen-bond donors (Lipinski definition) is 1. The van der Waals surface area contributed by atoms with Crippen molar-refractivity contribution in [2.24, 2.45) is 5.73 Å². The van der Waals surface area contributed by atoms with E-state index in [1.54, 1.807) is 0 Å². The van der Waals surface area contributed by atoms with E-state index < -0.39 is 0 Å². The molecule has 0 aliphatic carbocycles. The fourth-order valence-corrected chi connectivity index (χ4v) is 1.40. The summed E-state index contributed by atoms with van der Waals surface area (Å²) < 4.78 is 5.14. The molecule has 0 saturated heterocycles. The van der Waals surface area contributed by atoms with Crippen molar-refractivity contribution in [2.75, 3.05) is 6.54 Å². The predicted octanol–water partition coefficient (Wildman–Crippen LogP) is 3.09. The summed E-state index contributed by atoms with van der Waals surface area (Å²) in [6.07, 6.45) is 3.33. The number of carbonyl (C=O) groups is 1. The zero-order chi connectivity index (χ0) is 11.6. The third kappa shape index (κ3) is 9.28. The minimum absolute atomic E-state index is 0. The number of carbonyl (C=O) groups excluding carboxylic acids is 1. The molecule has 5 heteroatoms. The first kappa shape index (κ1) is 19.6. The van der Waals surface area contributed by atoms with Gasteiger partial charge < -0.3 is 10.5 Å². The minimum Gasteiger partial charge on any atom is -0.461 e. The normalized spacial score (nSPS) is 8.94. The van der Waals surface area contributed by atoms with Crippen LogP contribution in [0.4, 0.5) is 0 Å². The van der Waals surface area contributed by atoms with Crippen molar-refractivity contribution >= 4 is 30.8 Å². The van der Waals surface area contributed by atoms with Crippen LogP contribution >= 0.6 is 24.8 Å². The SMILES string of the molecule is Cl.Cl.NCCCCCC(=O)OCc1ccccc1. The van der Waals surface area contributed by atoms with Gasteiger partial charge in [-0.1, -0.05) is 36.8 Å². The molecular formula is C13H21Cl2NO2. The summed E-state index contributed by atoms with van der Waals surface area (Å²) >= 11 is 0. The lowest BCUT2D eigenvalue weighted by atomic mass is 10.2. The summed E-state index contributed by atoms with van der Waals surface area (Å²) in [5.74, 6) is -0.124. The largest absolute Gasteiger partial charge is 0.461 e.